The maximum atomic E-state index is 14.6. The summed E-state index contributed by atoms with van der Waals surface area (Å²) in [6.07, 6.45) is 11.8. The van der Waals surface area contributed by atoms with Gasteiger partial charge in [-0.15, -0.1) is 11.3 Å². The zero-order valence-electron chi connectivity index (χ0n) is 30.4. The van der Waals surface area contributed by atoms with Crippen molar-refractivity contribution in [2.45, 2.75) is 119 Å². The number of sulfonamides is 1. The Labute approximate surface area is 323 Å². The van der Waals surface area contributed by atoms with E-state index in [9.17, 15) is 27.6 Å². The molecule has 3 aliphatic carbocycles. The maximum Gasteiger partial charge on any atom is 0.408 e. The van der Waals surface area contributed by atoms with Gasteiger partial charge < -0.3 is 25.0 Å². The minimum Gasteiger partial charge on any atom is -0.471 e. The molecular formula is C38H45N7O8S2. The number of nitrogens with one attached hydrogen (secondary N) is 3. The fourth-order valence-electron chi connectivity index (χ4n) is 7.87. The van der Waals surface area contributed by atoms with Crippen LogP contribution in [0.1, 0.15) is 83.5 Å². The molecule has 3 saturated carbocycles. The van der Waals surface area contributed by atoms with Crippen LogP contribution in [0.15, 0.2) is 48.0 Å². The third kappa shape index (κ3) is 8.18. The number of carbonyl (C=O) groups excluding carboxylic acids is 4. The van der Waals surface area contributed by atoms with Crippen LogP contribution >= 0.6 is 11.3 Å². The van der Waals surface area contributed by atoms with Crippen molar-refractivity contribution < 1.29 is 37.1 Å². The molecule has 0 bridgehead atoms. The summed E-state index contributed by atoms with van der Waals surface area (Å²) in [5.41, 5.74) is -0.0947. The Hall–Kier alpha value is -4.64. The highest BCUT2D eigenvalue weighted by atomic mass is 32.2. The van der Waals surface area contributed by atoms with Gasteiger partial charge in [-0.2, -0.15) is 0 Å². The van der Waals surface area contributed by atoms with Gasteiger partial charge in [0.1, 0.15) is 41.0 Å². The van der Waals surface area contributed by atoms with E-state index in [1.54, 1.807) is 18.3 Å². The molecule has 1 unspecified atom stereocenters. The van der Waals surface area contributed by atoms with Crippen LogP contribution < -0.4 is 20.1 Å². The number of hydrogen-bond donors (Lipinski definition) is 3. The van der Waals surface area contributed by atoms with Crippen molar-refractivity contribution in [2.24, 2.45) is 5.92 Å². The number of ether oxygens (including phenoxy) is 2. The van der Waals surface area contributed by atoms with Crippen LogP contribution in [0.5, 0.6) is 5.88 Å². The lowest BCUT2D eigenvalue weighted by atomic mass is 10.0. The molecule has 5 atom stereocenters. The van der Waals surface area contributed by atoms with Crippen LogP contribution in [0.25, 0.3) is 21.7 Å². The molecule has 0 aromatic carbocycles. The molecule has 1 saturated heterocycles. The summed E-state index contributed by atoms with van der Waals surface area (Å²) in [4.78, 5) is 72.0. The largest absolute Gasteiger partial charge is 0.471 e. The number of fused-ring (bicyclic) bond motifs is 3. The Bertz CT molecular complexity index is 2090. The van der Waals surface area contributed by atoms with Gasteiger partial charge in [-0.25, -0.2) is 28.2 Å². The second-order valence-electron chi connectivity index (χ2n) is 15.2. The van der Waals surface area contributed by atoms with Crippen molar-refractivity contribution in [2.75, 3.05) is 6.54 Å². The van der Waals surface area contributed by atoms with Crippen molar-refractivity contribution >= 4 is 56.3 Å². The van der Waals surface area contributed by atoms with Crippen molar-refractivity contribution in [1.82, 2.24) is 35.2 Å². The lowest BCUT2D eigenvalue weighted by Gasteiger charge is -2.30. The fraction of sp³-hybridized carbons (Fsp3) is 0.553. The highest BCUT2D eigenvalue weighted by Gasteiger charge is 2.62. The first-order chi connectivity index (χ1) is 26.6. The Balaban J connectivity index is 1.10. The number of thiophene rings is 1. The number of nitrogens with zero attached hydrogens (tertiary/aromatic N) is 4. The van der Waals surface area contributed by atoms with Gasteiger partial charge in [0.2, 0.25) is 27.7 Å². The van der Waals surface area contributed by atoms with Gasteiger partial charge in [0.15, 0.2) is 5.65 Å². The van der Waals surface area contributed by atoms with E-state index in [1.807, 2.05) is 29.7 Å². The number of rotatable bonds is 8. The van der Waals surface area contributed by atoms with Gasteiger partial charge in [0.05, 0.1) is 16.7 Å². The molecule has 0 radical (unpaired) electrons. The number of hydrogen-bond acceptors (Lipinski definition) is 12. The lowest BCUT2D eigenvalue weighted by Crippen LogP contribution is -2.58. The van der Waals surface area contributed by atoms with Crippen LogP contribution in [-0.2, 0) is 29.1 Å². The number of amides is 4. The Morgan fingerprint density at radius 2 is 1.80 bits per heavy atom. The molecule has 55 heavy (non-hydrogen) atoms. The number of carbonyl (C=O) groups is 4. The van der Waals surface area contributed by atoms with E-state index in [1.165, 1.54) is 16.2 Å². The number of alkyl carbamates (subject to hydrolysis) is 1. The van der Waals surface area contributed by atoms with E-state index in [4.69, 9.17) is 19.4 Å². The van der Waals surface area contributed by atoms with Crippen molar-refractivity contribution in [3.05, 3.63) is 48.0 Å². The summed E-state index contributed by atoms with van der Waals surface area (Å²) in [7, 11) is -3.89. The SMILES string of the molecule is O=C(N[C@H]1CCCCC/C=C\C2C[C@@]2(C(=O)NS(=O)(=O)C2CC2)NC(=O)[C@@H]2C[C@@H](Oc3nc4cccnc4nc3-c3cccs3)CN2C1=O)OC1CCCC1. The first-order valence-electron chi connectivity index (χ1n) is 19.3. The molecule has 3 aromatic heterocycles. The van der Waals surface area contributed by atoms with Gasteiger partial charge in [-0.05, 0) is 87.8 Å². The van der Waals surface area contributed by atoms with E-state index >= 15 is 0 Å². The van der Waals surface area contributed by atoms with Gasteiger partial charge in [-0.1, -0.05) is 31.1 Å². The maximum absolute atomic E-state index is 14.6. The molecule has 15 nitrogen and oxygen atoms in total. The minimum absolute atomic E-state index is 0.0258. The van der Waals surface area contributed by atoms with Crippen molar-refractivity contribution in [3.63, 3.8) is 0 Å². The molecule has 3 aromatic rings. The smallest absolute Gasteiger partial charge is 0.408 e. The third-order valence-electron chi connectivity index (χ3n) is 11.2. The predicted octanol–water partition coefficient (Wildman–Crippen LogP) is 4.14. The second kappa shape index (κ2) is 15.5. The van der Waals surface area contributed by atoms with Crippen LogP contribution in [0.3, 0.4) is 0 Å². The first kappa shape index (κ1) is 37.3. The number of allylic oxidation sites excluding steroid dienone is 1. The van der Waals surface area contributed by atoms with Crippen LogP contribution in [0, 0.1) is 5.92 Å². The highest BCUT2D eigenvalue weighted by molar-refractivity contribution is 7.91. The molecule has 3 N–H and O–H groups in total. The zero-order valence-corrected chi connectivity index (χ0v) is 32.0. The monoisotopic (exact) mass is 791 g/mol. The summed E-state index contributed by atoms with van der Waals surface area (Å²) in [5, 5.41) is 6.99. The summed E-state index contributed by atoms with van der Waals surface area (Å²) < 4.78 is 40.2. The van der Waals surface area contributed by atoms with Gasteiger partial charge in [0.25, 0.3) is 5.91 Å². The van der Waals surface area contributed by atoms with Gasteiger partial charge >= 0.3 is 6.09 Å². The summed E-state index contributed by atoms with van der Waals surface area (Å²) in [6.45, 7) is -0.0258. The standard InChI is InChI=1S/C38H45N7O8S2/c46-33-29-20-25(52-34-31(30-15-9-19-54-30)42-32-27(40-34)14-8-18-39-32)22-45(29)35(47)28(41-37(49)53-24-11-6-7-12-24)13-5-3-1-2-4-10-23-21-38(23,43-33)36(48)44-55(50,51)26-16-17-26/h4,8-10,14-15,18-19,23-26,28-29H,1-3,5-7,11-13,16-17,20-22H2,(H,41,49)(H,43,46)(H,44,48)/b10-4-/t23?,25-,28+,29+,38-/m1/s1. The Morgan fingerprint density at radius 3 is 2.58 bits per heavy atom. The number of pyridine rings is 1. The van der Waals surface area contributed by atoms with Gasteiger partial charge in [0, 0.05) is 18.5 Å². The average molecular weight is 792 g/mol. The molecule has 17 heteroatoms. The van der Waals surface area contributed by atoms with E-state index in [0.717, 1.165) is 43.4 Å². The highest BCUT2D eigenvalue weighted by Crippen LogP contribution is 2.46. The molecule has 2 aliphatic heterocycles. The molecule has 5 aliphatic rings. The second-order valence-corrected chi connectivity index (χ2v) is 18.1. The van der Waals surface area contributed by atoms with E-state index in [0.29, 0.717) is 49.0 Å². The zero-order chi connectivity index (χ0) is 38.2. The predicted molar refractivity (Wildman–Crippen MR) is 202 cm³/mol. The van der Waals surface area contributed by atoms with Crippen LogP contribution in [0.4, 0.5) is 4.79 Å². The van der Waals surface area contributed by atoms with Crippen LogP contribution in [0.2, 0.25) is 0 Å². The topological polar surface area (TPSA) is 199 Å². The summed E-state index contributed by atoms with van der Waals surface area (Å²) in [6, 6.07) is 5.19. The van der Waals surface area contributed by atoms with Crippen LogP contribution in [-0.4, -0.2) is 93.7 Å². The van der Waals surface area contributed by atoms with Crippen molar-refractivity contribution in [3.8, 4) is 16.5 Å². The molecule has 4 fully saturated rings. The minimum atomic E-state index is -3.89. The van der Waals surface area contributed by atoms with Crippen molar-refractivity contribution in [1.29, 1.82) is 0 Å². The Kier molecular flexibility index (Phi) is 10.5. The van der Waals surface area contributed by atoms with E-state index < -0.39 is 68.7 Å². The van der Waals surface area contributed by atoms with E-state index in [-0.39, 0.29) is 31.4 Å². The lowest BCUT2D eigenvalue weighted by molar-refractivity contribution is -0.141. The quantitative estimate of drug-likeness (QED) is 0.277. The van der Waals surface area contributed by atoms with Gasteiger partial charge in [-0.3, -0.25) is 19.1 Å². The molecule has 0 spiro atoms. The molecule has 8 rings (SSSR count). The summed E-state index contributed by atoms with van der Waals surface area (Å²) in [5.74, 6) is -2.10. The Morgan fingerprint density at radius 1 is 0.982 bits per heavy atom. The molecule has 5 heterocycles. The average Bonchev–Trinajstić information content (AvgIpc) is 3.90. The fourth-order valence-corrected chi connectivity index (χ4v) is 9.94. The molecule has 292 valence electrons. The normalized spacial score (nSPS) is 28.3. The van der Waals surface area contributed by atoms with E-state index in [2.05, 4.69) is 20.3 Å². The number of aromatic nitrogens is 3. The third-order valence-corrected chi connectivity index (χ3v) is 13.8. The molecular weight excluding hydrogens is 747 g/mol. The molecule has 4 amide bonds. The summed E-state index contributed by atoms with van der Waals surface area (Å²) >= 11 is 1.45. The first-order valence-corrected chi connectivity index (χ1v) is 21.7.